The SMILES string of the molecule is Cc1c(C(=O)NCC(C)C)oc2ccccc12. The summed E-state index contributed by atoms with van der Waals surface area (Å²) in [5.41, 5.74) is 1.67. The zero-order chi connectivity index (χ0) is 12.4. The van der Waals surface area contributed by atoms with Gasteiger partial charge in [0.1, 0.15) is 5.58 Å². The number of carbonyl (C=O) groups excluding carboxylic acids is 1. The summed E-state index contributed by atoms with van der Waals surface area (Å²) >= 11 is 0. The lowest BCUT2D eigenvalue weighted by atomic mass is 10.1. The fourth-order valence-corrected chi connectivity index (χ4v) is 1.77. The van der Waals surface area contributed by atoms with Gasteiger partial charge in [-0.05, 0) is 18.9 Å². The maximum Gasteiger partial charge on any atom is 0.287 e. The molecule has 0 radical (unpaired) electrons. The summed E-state index contributed by atoms with van der Waals surface area (Å²) in [4.78, 5) is 11.9. The number of hydrogen-bond donors (Lipinski definition) is 1. The van der Waals surface area contributed by atoms with Crippen molar-refractivity contribution < 1.29 is 9.21 Å². The van der Waals surface area contributed by atoms with E-state index in [1.807, 2.05) is 31.2 Å². The van der Waals surface area contributed by atoms with Crippen molar-refractivity contribution in [2.75, 3.05) is 6.54 Å². The first-order valence-electron chi connectivity index (χ1n) is 5.86. The summed E-state index contributed by atoms with van der Waals surface area (Å²) in [7, 11) is 0. The van der Waals surface area contributed by atoms with Gasteiger partial charge in [0, 0.05) is 17.5 Å². The molecule has 0 aliphatic heterocycles. The second-order valence-electron chi connectivity index (χ2n) is 4.66. The fourth-order valence-electron chi connectivity index (χ4n) is 1.77. The van der Waals surface area contributed by atoms with Crippen LogP contribution in [0.3, 0.4) is 0 Å². The fraction of sp³-hybridized carbons (Fsp3) is 0.357. The smallest absolute Gasteiger partial charge is 0.287 e. The van der Waals surface area contributed by atoms with Crippen LogP contribution in [0.1, 0.15) is 30.0 Å². The number of para-hydroxylation sites is 1. The predicted octanol–water partition coefficient (Wildman–Crippen LogP) is 3.13. The minimum absolute atomic E-state index is 0.132. The molecule has 0 aliphatic rings. The third kappa shape index (κ3) is 2.33. The van der Waals surface area contributed by atoms with Gasteiger partial charge in [-0.25, -0.2) is 0 Å². The number of aryl methyl sites for hydroxylation is 1. The number of amides is 1. The molecular formula is C14H17NO2. The van der Waals surface area contributed by atoms with Crippen LogP contribution >= 0.6 is 0 Å². The number of carbonyl (C=O) groups is 1. The van der Waals surface area contributed by atoms with E-state index < -0.39 is 0 Å². The van der Waals surface area contributed by atoms with Crippen molar-refractivity contribution in [1.29, 1.82) is 0 Å². The van der Waals surface area contributed by atoms with E-state index in [2.05, 4.69) is 19.2 Å². The molecule has 1 aromatic heterocycles. The highest BCUT2D eigenvalue weighted by Gasteiger charge is 2.16. The lowest BCUT2D eigenvalue weighted by molar-refractivity contribution is 0.0922. The lowest BCUT2D eigenvalue weighted by Crippen LogP contribution is -2.27. The molecule has 90 valence electrons. The molecule has 3 heteroatoms. The molecule has 17 heavy (non-hydrogen) atoms. The van der Waals surface area contributed by atoms with E-state index in [-0.39, 0.29) is 5.91 Å². The predicted molar refractivity (Wildman–Crippen MR) is 68.1 cm³/mol. The Balaban J connectivity index is 2.29. The van der Waals surface area contributed by atoms with Gasteiger partial charge >= 0.3 is 0 Å². The molecule has 0 bridgehead atoms. The van der Waals surface area contributed by atoms with E-state index in [0.717, 1.165) is 16.5 Å². The molecule has 2 aromatic rings. The van der Waals surface area contributed by atoms with Crippen LogP contribution in [0.15, 0.2) is 28.7 Å². The number of rotatable bonds is 3. The van der Waals surface area contributed by atoms with Crippen LogP contribution in [0.25, 0.3) is 11.0 Å². The summed E-state index contributed by atoms with van der Waals surface area (Å²) in [5.74, 6) is 0.725. The van der Waals surface area contributed by atoms with Gasteiger partial charge in [-0.2, -0.15) is 0 Å². The molecule has 1 N–H and O–H groups in total. The van der Waals surface area contributed by atoms with Gasteiger partial charge in [0.05, 0.1) is 0 Å². The minimum Gasteiger partial charge on any atom is -0.451 e. The van der Waals surface area contributed by atoms with E-state index in [0.29, 0.717) is 18.2 Å². The van der Waals surface area contributed by atoms with Gasteiger partial charge in [-0.15, -0.1) is 0 Å². The minimum atomic E-state index is -0.132. The standard InChI is InChI=1S/C14H17NO2/c1-9(2)8-15-14(16)13-10(3)11-6-4-5-7-12(11)17-13/h4-7,9H,8H2,1-3H3,(H,15,16). The number of hydrogen-bond acceptors (Lipinski definition) is 2. The molecule has 3 nitrogen and oxygen atoms in total. The molecule has 0 aliphatic carbocycles. The van der Waals surface area contributed by atoms with Crippen LogP contribution in [0.2, 0.25) is 0 Å². The zero-order valence-corrected chi connectivity index (χ0v) is 10.4. The molecule has 0 atom stereocenters. The summed E-state index contributed by atoms with van der Waals surface area (Å²) in [5, 5.41) is 3.87. The Morgan fingerprint density at radius 3 is 2.71 bits per heavy atom. The third-order valence-corrected chi connectivity index (χ3v) is 2.72. The van der Waals surface area contributed by atoms with Crippen molar-refractivity contribution in [3.8, 4) is 0 Å². The molecular weight excluding hydrogens is 214 g/mol. The number of benzene rings is 1. The number of furan rings is 1. The van der Waals surface area contributed by atoms with E-state index in [9.17, 15) is 4.79 Å². The average molecular weight is 231 g/mol. The van der Waals surface area contributed by atoms with Gasteiger partial charge in [0.2, 0.25) is 0 Å². The normalized spacial score (nSPS) is 11.1. The quantitative estimate of drug-likeness (QED) is 0.881. The number of fused-ring (bicyclic) bond motifs is 1. The van der Waals surface area contributed by atoms with E-state index in [1.54, 1.807) is 0 Å². The van der Waals surface area contributed by atoms with Gasteiger partial charge in [0.25, 0.3) is 5.91 Å². The molecule has 1 aromatic carbocycles. The first-order chi connectivity index (χ1) is 8.09. The van der Waals surface area contributed by atoms with Crippen molar-refractivity contribution in [2.45, 2.75) is 20.8 Å². The summed E-state index contributed by atoms with van der Waals surface area (Å²) in [6, 6.07) is 7.69. The first kappa shape index (κ1) is 11.7. The summed E-state index contributed by atoms with van der Waals surface area (Å²) < 4.78 is 5.58. The monoisotopic (exact) mass is 231 g/mol. The van der Waals surface area contributed by atoms with Crippen molar-refractivity contribution in [3.63, 3.8) is 0 Å². The van der Waals surface area contributed by atoms with Crippen molar-refractivity contribution >= 4 is 16.9 Å². The second kappa shape index (κ2) is 4.62. The molecule has 0 saturated heterocycles. The lowest BCUT2D eigenvalue weighted by Gasteiger charge is -2.05. The highest BCUT2D eigenvalue weighted by atomic mass is 16.3. The third-order valence-electron chi connectivity index (χ3n) is 2.72. The highest BCUT2D eigenvalue weighted by Crippen LogP contribution is 2.24. The summed E-state index contributed by atoms with van der Waals surface area (Å²) in [6.07, 6.45) is 0. The molecule has 0 saturated carbocycles. The van der Waals surface area contributed by atoms with Crippen LogP contribution < -0.4 is 5.32 Å². The van der Waals surface area contributed by atoms with E-state index in [4.69, 9.17) is 4.42 Å². The maximum atomic E-state index is 11.9. The van der Waals surface area contributed by atoms with Crippen LogP contribution in [0.4, 0.5) is 0 Å². The van der Waals surface area contributed by atoms with Gasteiger partial charge < -0.3 is 9.73 Å². The highest BCUT2D eigenvalue weighted by molar-refractivity contribution is 5.98. The number of nitrogens with one attached hydrogen (secondary N) is 1. The zero-order valence-electron chi connectivity index (χ0n) is 10.4. The first-order valence-corrected chi connectivity index (χ1v) is 5.86. The molecule has 1 amide bonds. The van der Waals surface area contributed by atoms with Gasteiger partial charge in [-0.3, -0.25) is 4.79 Å². The Morgan fingerprint density at radius 1 is 1.35 bits per heavy atom. The van der Waals surface area contributed by atoms with Crippen molar-refractivity contribution in [1.82, 2.24) is 5.32 Å². The van der Waals surface area contributed by atoms with E-state index in [1.165, 1.54) is 0 Å². The van der Waals surface area contributed by atoms with Gasteiger partial charge in [0.15, 0.2) is 5.76 Å². The average Bonchev–Trinajstić information content (AvgIpc) is 2.64. The maximum absolute atomic E-state index is 11.9. The molecule has 0 unspecified atom stereocenters. The molecule has 0 spiro atoms. The van der Waals surface area contributed by atoms with Crippen LogP contribution in [0.5, 0.6) is 0 Å². The Bertz CT molecular complexity index is 540. The summed E-state index contributed by atoms with van der Waals surface area (Å²) in [6.45, 7) is 6.70. The van der Waals surface area contributed by atoms with E-state index >= 15 is 0 Å². The largest absolute Gasteiger partial charge is 0.451 e. The van der Waals surface area contributed by atoms with Crippen molar-refractivity contribution in [3.05, 3.63) is 35.6 Å². The van der Waals surface area contributed by atoms with Crippen LogP contribution in [-0.2, 0) is 0 Å². The Labute approximate surface area is 101 Å². The Hall–Kier alpha value is -1.77. The second-order valence-corrected chi connectivity index (χ2v) is 4.66. The van der Waals surface area contributed by atoms with Crippen molar-refractivity contribution in [2.24, 2.45) is 5.92 Å². The Morgan fingerprint density at radius 2 is 2.06 bits per heavy atom. The van der Waals surface area contributed by atoms with Crippen LogP contribution in [0, 0.1) is 12.8 Å². The van der Waals surface area contributed by atoms with Crippen LogP contribution in [-0.4, -0.2) is 12.5 Å². The molecule has 1 heterocycles. The molecule has 0 fully saturated rings. The molecule has 2 rings (SSSR count). The Kier molecular flexibility index (Phi) is 3.18. The van der Waals surface area contributed by atoms with Gasteiger partial charge in [-0.1, -0.05) is 32.0 Å². The topological polar surface area (TPSA) is 42.2 Å².